The van der Waals surface area contributed by atoms with E-state index in [2.05, 4.69) is 24.5 Å². The highest BCUT2D eigenvalue weighted by Crippen LogP contribution is 2.21. The van der Waals surface area contributed by atoms with Crippen molar-refractivity contribution in [3.05, 3.63) is 35.9 Å². The van der Waals surface area contributed by atoms with Gasteiger partial charge >= 0.3 is 0 Å². The van der Waals surface area contributed by atoms with E-state index in [4.69, 9.17) is 0 Å². The maximum Gasteiger partial charge on any atom is 0.227 e. The highest BCUT2D eigenvalue weighted by molar-refractivity contribution is 5.83. The molecule has 1 aromatic rings. The molecule has 0 heterocycles. The highest BCUT2D eigenvalue weighted by Gasteiger charge is 2.19. The number of benzene rings is 1. The van der Waals surface area contributed by atoms with Gasteiger partial charge in [-0.05, 0) is 26.0 Å². The molecule has 0 aromatic heterocycles. The van der Waals surface area contributed by atoms with E-state index in [0.717, 1.165) is 18.4 Å². The van der Waals surface area contributed by atoms with Crippen molar-refractivity contribution in [3.63, 3.8) is 0 Å². The molecule has 0 radical (unpaired) electrons. The summed E-state index contributed by atoms with van der Waals surface area (Å²) in [7, 11) is 1.90. The SMILES string of the molecule is CCCC(C(=O)NCC(C)NC)c1ccccc1. The van der Waals surface area contributed by atoms with Crippen molar-refractivity contribution in [2.45, 2.75) is 38.6 Å². The monoisotopic (exact) mass is 248 g/mol. The Kier molecular flexibility index (Phi) is 6.44. The fraction of sp³-hybridized carbons (Fsp3) is 0.533. The number of carbonyl (C=O) groups excluding carboxylic acids is 1. The molecule has 2 atom stereocenters. The third-order valence-electron chi connectivity index (χ3n) is 3.17. The predicted octanol–water partition coefficient (Wildman–Crippen LogP) is 2.29. The van der Waals surface area contributed by atoms with Crippen LogP contribution in [0, 0.1) is 0 Å². The van der Waals surface area contributed by atoms with Crippen LogP contribution >= 0.6 is 0 Å². The number of carbonyl (C=O) groups is 1. The number of rotatable bonds is 7. The Hall–Kier alpha value is -1.35. The first-order valence-corrected chi connectivity index (χ1v) is 6.69. The van der Waals surface area contributed by atoms with Crippen LogP contribution in [0.25, 0.3) is 0 Å². The van der Waals surface area contributed by atoms with Gasteiger partial charge in [0.2, 0.25) is 5.91 Å². The number of likely N-dealkylation sites (N-methyl/N-ethyl adjacent to an activating group) is 1. The van der Waals surface area contributed by atoms with E-state index >= 15 is 0 Å². The lowest BCUT2D eigenvalue weighted by Crippen LogP contribution is -2.39. The van der Waals surface area contributed by atoms with Crippen LogP contribution in [0.15, 0.2) is 30.3 Å². The van der Waals surface area contributed by atoms with Gasteiger partial charge in [0.1, 0.15) is 0 Å². The van der Waals surface area contributed by atoms with Gasteiger partial charge in [0.15, 0.2) is 0 Å². The van der Waals surface area contributed by atoms with Crippen molar-refractivity contribution in [1.29, 1.82) is 0 Å². The molecule has 0 saturated heterocycles. The average molecular weight is 248 g/mol. The molecule has 0 spiro atoms. The second-order valence-corrected chi connectivity index (χ2v) is 4.69. The summed E-state index contributed by atoms with van der Waals surface area (Å²) in [4.78, 5) is 12.2. The van der Waals surface area contributed by atoms with Gasteiger partial charge in [0.05, 0.1) is 5.92 Å². The van der Waals surface area contributed by atoms with Gasteiger partial charge < -0.3 is 10.6 Å². The molecule has 1 aromatic carbocycles. The van der Waals surface area contributed by atoms with Gasteiger partial charge in [0, 0.05) is 12.6 Å². The zero-order valence-corrected chi connectivity index (χ0v) is 11.6. The lowest BCUT2D eigenvalue weighted by atomic mass is 9.93. The number of hydrogen-bond acceptors (Lipinski definition) is 2. The maximum atomic E-state index is 12.2. The van der Waals surface area contributed by atoms with Crippen LogP contribution < -0.4 is 10.6 Å². The molecular weight excluding hydrogens is 224 g/mol. The minimum Gasteiger partial charge on any atom is -0.354 e. The molecule has 18 heavy (non-hydrogen) atoms. The van der Waals surface area contributed by atoms with Crippen LogP contribution in [0.3, 0.4) is 0 Å². The largest absolute Gasteiger partial charge is 0.354 e. The van der Waals surface area contributed by atoms with Crippen LogP contribution in [0.5, 0.6) is 0 Å². The fourth-order valence-corrected chi connectivity index (χ4v) is 1.90. The molecule has 0 bridgehead atoms. The van der Waals surface area contributed by atoms with E-state index in [1.54, 1.807) is 0 Å². The van der Waals surface area contributed by atoms with Crippen molar-refractivity contribution in [1.82, 2.24) is 10.6 Å². The molecule has 2 unspecified atom stereocenters. The smallest absolute Gasteiger partial charge is 0.227 e. The summed E-state index contributed by atoms with van der Waals surface area (Å²) < 4.78 is 0. The first kappa shape index (κ1) is 14.7. The van der Waals surface area contributed by atoms with Crippen LogP contribution in [-0.4, -0.2) is 25.5 Å². The standard InChI is InChI=1S/C15H24N2O/c1-4-8-14(13-9-6-5-7-10-13)15(18)17-11-12(2)16-3/h5-7,9-10,12,14,16H,4,8,11H2,1-3H3,(H,17,18). The first-order valence-electron chi connectivity index (χ1n) is 6.69. The summed E-state index contributed by atoms with van der Waals surface area (Å²) in [5.41, 5.74) is 1.11. The fourth-order valence-electron chi connectivity index (χ4n) is 1.90. The predicted molar refractivity (Wildman–Crippen MR) is 75.6 cm³/mol. The van der Waals surface area contributed by atoms with Crippen LogP contribution in [0.1, 0.15) is 38.2 Å². The number of hydrogen-bond donors (Lipinski definition) is 2. The van der Waals surface area contributed by atoms with Gasteiger partial charge in [-0.3, -0.25) is 4.79 Å². The Morgan fingerprint density at radius 2 is 1.94 bits per heavy atom. The minimum absolute atomic E-state index is 0.0275. The van der Waals surface area contributed by atoms with E-state index in [-0.39, 0.29) is 11.8 Å². The molecule has 3 nitrogen and oxygen atoms in total. The van der Waals surface area contributed by atoms with Crippen LogP contribution in [-0.2, 0) is 4.79 Å². The van der Waals surface area contributed by atoms with Gasteiger partial charge in [-0.25, -0.2) is 0 Å². The normalized spacial score (nSPS) is 13.9. The Bertz CT molecular complexity index is 351. The summed E-state index contributed by atoms with van der Waals surface area (Å²) in [5, 5.41) is 6.13. The molecule has 100 valence electrons. The van der Waals surface area contributed by atoms with Crippen molar-refractivity contribution in [3.8, 4) is 0 Å². The highest BCUT2D eigenvalue weighted by atomic mass is 16.1. The summed E-state index contributed by atoms with van der Waals surface area (Å²) in [6.07, 6.45) is 1.90. The Labute approximate surface area is 110 Å². The van der Waals surface area contributed by atoms with Gasteiger partial charge in [-0.2, -0.15) is 0 Å². The van der Waals surface area contributed by atoms with E-state index in [9.17, 15) is 4.79 Å². The molecule has 0 aliphatic rings. The average Bonchev–Trinajstić information content (AvgIpc) is 2.42. The summed E-state index contributed by atoms with van der Waals surface area (Å²) >= 11 is 0. The Balaban J connectivity index is 2.64. The molecule has 0 fully saturated rings. The minimum atomic E-state index is -0.0275. The summed E-state index contributed by atoms with van der Waals surface area (Å²) in [6, 6.07) is 10.3. The Morgan fingerprint density at radius 3 is 2.50 bits per heavy atom. The van der Waals surface area contributed by atoms with Gasteiger partial charge in [0.25, 0.3) is 0 Å². The molecule has 1 amide bonds. The zero-order valence-electron chi connectivity index (χ0n) is 11.6. The molecule has 0 aliphatic heterocycles. The summed E-state index contributed by atoms with van der Waals surface area (Å²) in [5.74, 6) is 0.102. The third-order valence-corrected chi connectivity index (χ3v) is 3.17. The molecule has 3 heteroatoms. The summed E-state index contributed by atoms with van der Waals surface area (Å²) in [6.45, 7) is 4.83. The van der Waals surface area contributed by atoms with Crippen LogP contribution in [0.2, 0.25) is 0 Å². The van der Waals surface area contributed by atoms with Crippen molar-refractivity contribution >= 4 is 5.91 Å². The third kappa shape index (κ3) is 4.49. The van der Waals surface area contributed by atoms with Crippen LogP contribution in [0.4, 0.5) is 0 Å². The van der Waals surface area contributed by atoms with Crippen molar-refractivity contribution in [2.24, 2.45) is 0 Å². The number of nitrogens with one attached hydrogen (secondary N) is 2. The maximum absolute atomic E-state index is 12.2. The second-order valence-electron chi connectivity index (χ2n) is 4.69. The van der Waals surface area contributed by atoms with E-state index in [1.165, 1.54) is 0 Å². The zero-order chi connectivity index (χ0) is 13.4. The van der Waals surface area contributed by atoms with E-state index in [1.807, 2.05) is 37.4 Å². The molecule has 0 aliphatic carbocycles. The lowest BCUT2D eigenvalue weighted by molar-refractivity contribution is -0.122. The lowest BCUT2D eigenvalue weighted by Gasteiger charge is -2.18. The molecular formula is C15H24N2O. The molecule has 1 rings (SSSR count). The van der Waals surface area contributed by atoms with Gasteiger partial charge in [-0.15, -0.1) is 0 Å². The Morgan fingerprint density at radius 1 is 1.28 bits per heavy atom. The van der Waals surface area contributed by atoms with Gasteiger partial charge in [-0.1, -0.05) is 43.7 Å². The molecule has 2 N–H and O–H groups in total. The quantitative estimate of drug-likeness (QED) is 0.777. The van der Waals surface area contributed by atoms with E-state index in [0.29, 0.717) is 12.6 Å². The van der Waals surface area contributed by atoms with E-state index < -0.39 is 0 Å². The van der Waals surface area contributed by atoms with Crippen molar-refractivity contribution < 1.29 is 4.79 Å². The molecule has 0 saturated carbocycles. The number of amides is 1. The topological polar surface area (TPSA) is 41.1 Å². The van der Waals surface area contributed by atoms with Crippen molar-refractivity contribution in [2.75, 3.05) is 13.6 Å². The first-order chi connectivity index (χ1) is 8.69. The second kappa shape index (κ2) is 7.88.